The minimum atomic E-state index is -2.25. The van der Waals surface area contributed by atoms with Crippen molar-refractivity contribution in [3.05, 3.63) is 275 Å². The maximum Gasteiger partial charge on any atom is 0.227 e. The van der Waals surface area contributed by atoms with E-state index in [0.717, 1.165) is 195 Å². The minimum Gasteiger partial charge on any atom is -0.435 e. The van der Waals surface area contributed by atoms with Gasteiger partial charge in [0.05, 0.1) is 68.0 Å². The Hall–Kier alpha value is -14.0. The molecule has 5 atom stereocenters. The first-order valence-corrected chi connectivity index (χ1v) is 44.9. The van der Waals surface area contributed by atoms with Crippen LogP contribution in [0.2, 0.25) is 0 Å². The predicted molar refractivity (Wildman–Crippen MR) is 539 cm³/mol. The highest BCUT2D eigenvalue weighted by molar-refractivity contribution is 6.14. The summed E-state index contributed by atoms with van der Waals surface area (Å²) in [6, 6.07) is 62.9. The summed E-state index contributed by atoms with van der Waals surface area (Å²) in [7, 11) is 0. The second-order valence-corrected chi connectivity index (χ2v) is 35.9. The highest BCUT2D eigenvalue weighted by Crippen LogP contribution is 2.54. The number of fused-ring (bicyclic) bond motifs is 18. The van der Waals surface area contributed by atoms with E-state index in [-0.39, 0.29) is 24.7 Å². The van der Waals surface area contributed by atoms with Crippen LogP contribution in [-0.4, -0.2) is 96.6 Å². The second kappa shape index (κ2) is 33.2. The van der Waals surface area contributed by atoms with Crippen LogP contribution in [0.1, 0.15) is 156 Å². The molecule has 0 aliphatic carbocycles. The number of hydrogen-bond donors (Lipinski definition) is 0. The van der Waals surface area contributed by atoms with Crippen LogP contribution in [0, 0.1) is 69.2 Å². The van der Waals surface area contributed by atoms with Crippen LogP contribution >= 0.6 is 0 Å². The minimum absolute atomic E-state index is 0.0212. The van der Waals surface area contributed by atoms with Crippen molar-refractivity contribution in [1.29, 1.82) is 0 Å². The van der Waals surface area contributed by atoms with E-state index in [1.54, 1.807) is 0 Å². The fraction of sp³-hybridized carbons (Fsp3) is 0.300. The second-order valence-electron chi connectivity index (χ2n) is 35.9. The van der Waals surface area contributed by atoms with Crippen molar-refractivity contribution in [2.24, 2.45) is 0 Å². The molecule has 8 aromatic carbocycles. The molecule has 662 valence electrons. The smallest absolute Gasteiger partial charge is 0.227 e. The molecule has 5 aliphatic rings. The lowest BCUT2D eigenvalue weighted by molar-refractivity contribution is 0.263. The van der Waals surface area contributed by atoms with Crippen molar-refractivity contribution in [3.8, 4) is 0 Å². The molecule has 0 radical (unpaired) electrons. The molecule has 5 unspecified atom stereocenters. The van der Waals surface area contributed by atoms with Gasteiger partial charge in [-0.15, -0.1) is 0 Å². The van der Waals surface area contributed by atoms with Crippen LogP contribution in [0.15, 0.2) is 241 Å². The van der Waals surface area contributed by atoms with E-state index in [4.69, 9.17) is 31.7 Å². The molecule has 0 spiro atoms. The zero-order valence-electron chi connectivity index (χ0n) is 85.4. The molecule has 0 amide bonds. The molecule has 130 heavy (non-hydrogen) atoms. The van der Waals surface area contributed by atoms with Crippen LogP contribution in [0.4, 0.5) is 62.6 Å². The molecule has 0 saturated heterocycles. The fourth-order valence-corrected chi connectivity index (χ4v) is 20.0. The topological polar surface area (TPSA) is 163 Å². The van der Waals surface area contributed by atoms with Crippen molar-refractivity contribution in [3.63, 3.8) is 0 Å². The van der Waals surface area contributed by atoms with Crippen LogP contribution in [-0.2, 0) is 0 Å². The molecule has 0 saturated carbocycles. The molecule has 5 aliphatic heterocycles. The van der Waals surface area contributed by atoms with Crippen molar-refractivity contribution < 1.29 is 31.7 Å². The summed E-state index contributed by atoms with van der Waals surface area (Å²) in [6.07, 6.45) is 7.69. The summed E-state index contributed by atoms with van der Waals surface area (Å²) in [5.74, 6) is 0. The van der Waals surface area contributed by atoms with E-state index in [2.05, 4.69) is 230 Å². The van der Waals surface area contributed by atoms with Gasteiger partial charge < -0.3 is 71.1 Å². The number of aromatic nitrogens is 5. The van der Waals surface area contributed by atoms with Crippen molar-refractivity contribution in [2.45, 2.75) is 214 Å². The molecule has 0 bridgehead atoms. The third-order valence-corrected chi connectivity index (χ3v) is 26.2. The molecule has 15 heterocycles. The third kappa shape index (κ3) is 14.3. The monoisotopic (exact) mass is 1730 g/mol. The van der Waals surface area contributed by atoms with Crippen molar-refractivity contribution in [1.82, 2.24) is 34.7 Å². The third-order valence-electron chi connectivity index (χ3n) is 26.2. The summed E-state index contributed by atoms with van der Waals surface area (Å²) in [5, 5.41) is 10.4. The van der Waals surface area contributed by atoms with Crippen molar-refractivity contribution in [2.75, 3.05) is 46.2 Å². The van der Waals surface area contributed by atoms with E-state index in [9.17, 15) is 0 Å². The molecule has 10 aromatic heterocycles. The maximum absolute atomic E-state index is 8.74. The highest BCUT2D eigenvalue weighted by Gasteiger charge is 2.41. The number of para-hydroxylation sites is 6. The van der Waals surface area contributed by atoms with Gasteiger partial charge in [0.25, 0.3) is 0 Å². The van der Waals surface area contributed by atoms with Gasteiger partial charge in [-0.2, -0.15) is 0 Å². The lowest BCUT2D eigenvalue weighted by Crippen LogP contribution is -2.42. The lowest BCUT2D eigenvalue weighted by Gasteiger charge is -2.33. The van der Waals surface area contributed by atoms with Gasteiger partial charge in [0.2, 0.25) is 28.6 Å². The fourth-order valence-electron chi connectivity index (χ4n) is 20.0. The number of rotatable bonds is 9. The number of hydrogen-bond acceptors (Lipinski definition) is 20. The van der Waals surface area contributed by atoms with Gasteiger partial charge in [0, 0.05) is 142 Å². The van der Waals surface area contributed by atoms with Gasteiger partial charge >= 0.3 is 0 Å². The number of nitrogens with zero attached hydrogens (tertiary/aromatic N) is 15. The Bertz CT molecular complexity index is 7270. The Morgan fingerprint density at radius 2 is 0.500 bits per heavy atom. The lowest BCUT2D eigenvalue weighted by atomic mass is 10.1. The molecule has 20 nitrogen and oxygen atoms in total. The molecule has 0 fully saturated rings. The van der Waals surface area contributed by atoms with Gasteiger partial charge in [-0.25, -0.2) is 24.9 Å². The van der Waals surface area contributed by atoms with Crippen LogP contribution in [0.3, 0.4) is 0 Å². The van der Waals surface area contributed by atoms with E-state index in [1.165, 1.54) is 4.90 Å². The SMILES string of the molecule is [2H]C(C)(C)N1C=CN(c2c(C)ccc3c2oc2nc(C)ccc23)C1C.[2H]C(C)(C)N1C=CN(c2c(C)ccc3c2oc2nc(C)ccc23)C1C.[2H]C(C)(C)N1c2ccccc2N(c2c(C)ccc3c2oc2nc(C)ccc23)C1C.[2H]C(C)(C)N1c2ccccc2N(c2c(C)ccc3c2oc2nc(C)ccc23)C1C.[2H]C([2H])([2H])N1c2ccccc2N(c2c(C)ccc3c2oc2nc(C)ccc23)C1C. The maximum atomic E-state index is 8.74. The Balaban J connectivity index is 0.000000110. The number of aryl methyl sites for hydroxylation is 10. The Labute approximate surface area is 770 Å². The Morgan fingerprint density at radius 1 is 0.262 bits per heavy atom. The zero-order valence-corrected chi connectivity index (χ0v) is 78.4. The summed E-state index contributed by atoms with van der Waals surface area (Å²) < 4.78 is 89.6. The Kier molecular flexibility index (Phi) is 19.7. The Morgan fingerprint density at radius 3 is 0.762 bits per heavy atom. The largest absolute Gasteiger partial charge is 0.435 e. The average Bonchev–Trinajstić information content (AvgIpc) is 1.61. The van der Waals surface area contributed by atoms with Gasteiger partial charge in [0.1, 0.15) is 30.8 Å². The highest BCUT2D eigenvalue weighted by atomic mass is 16.4. The molecule has 0 N–H and O–H groups in total. The van der Waals surface area contributed by atoms with Crippen molar-refractivity contribution >= 4 is 173 Å². The number of pyridine rings is 5. The molecule has 20 heteroatoms. The van der Waals surface area contributed by atoms with Gasteiger partial charge in [-0.05, 0) is 284 Å². The number of benzene rings is 8. The predicted octanol–water partition coefficient (Wildman–Crippen LogP) is 28.0. The molecular formula is C110H117N15O5. The van der Waals surface area contributed by atoms with Gasteiger partial charge in [0.15, 0.2) is 27.9 Å². The first-order valence-electron chi connectivity index (χ1n) is 48.4. The summed E-state index contributed by atoms with van der Waals surface area (Å²) >= 11 is 0. The number of anilines is 11. The van der Waals surface area contributed by atoms with Crippen LogP contribution < -0.4 is 39.2 Å². The molecule has 23 rings (SSSR count). The first kappa shape index (κ1) is 77.2. The van der Waals surface area contributed by atoms with Gasteiger partial charge in [-0.3, -0.25) is 0 Å². The van der Waals surface area contributed by atoms with E-state index in [0.29, 0.717) is 34.3 Å². The summed E-state index contributed by atoms with van der Waals surface area (Å²) in [6.45, 7) is 43.8. The van der Waals surface area contributed by atoms with E-state index >= 15 is 0 Å². The standard InChI is InChI=1S/2C24H25N3O.C22H21N3O.2C20H23N3O/c2*1-14(2)26-17(5)27(21-9-7-6-8-20(21)26)22-15(3)10-12-18-19-13-11-16(4)25-24(19)28-23(18)22;1-13-9-11-16-17-12-10-14(2)23-22(17)26-21(16)20(13)25-15(3)24(4)18-7-5-6-8-19(18)25;2*1-12(2)22-10-11-23(15(22)5)18-13(3)6-8-16-17-9-7-14(4)21-20(17)24-19(16)18/h2*6-14,17H,1-5H3;5-12,15H,1-4H3;2*6-12,15H,1-5H3/i2*14D;4D3;2*12D. The first-order chi connectivity index (χ1) is 64.8. The zero-order chi connectivity index (χ0) is 97.4. The van der Waals surface area contributed by atoms with E-state index < -0.39 is 37.2 Å². The number of furan rings is 5. The van der Waals surface area contributed by atoms with Crippen LogP contribution in [0.25, 0.3) is 110 Å². The van der Waals surface area contributed by atoms with E-state index in [1.807, 2.05) is 217 Å². The molecule has 18 aromatic rings. The quantitative estimate of drug-likeness (QED) is 0.134. The van der Waals surface area contributed by atoms with Gasteiger partial charge in [-0.1, -0.05) is 97.1 Å². The average molecular weight is 1740 g/mol. The summed E-state index contributed by atoms with van der Waals surface area (Å²) in [5.41, 5.74) is 28.6. The summed E-state index contributed by atoms with van der Waals surface area (Å²) in [4.78, 5) is 43.8. The molecular weight excluding hydrogens is 1610 g/mol. The normalized spacial score (nSPS) is 18.3. The van der Waals surface area contributed by atoms with Crippen LogP contribution in [0.5, 0.6) is 0 Å².